The van der Waals surface area contributed by atoms with Crippen molar-refractivity contribution in [1.29, 1.82) is 0 Å². The van der Waals surface area contributed by atoms with Gasteiger partial charge in [0, 0.05) is 11.3 Å². The number of furan rings is 1. The Labute approximate surface area is 122 Å². The molecule has 0 saturated heterocycles. The Kier molecular flexibility index (Phi) is 3.68. The molecule has 1 atom stereocenters. The first kappa shape index (κ1) is 13.7. The molecule has 2 amide bonds. The number of rotatable bonds is 4. The number of allylic oxidation sites excluding steroid dienone is 1. The molecule has 1 aliphatic carbocycles. The Morgan fingerprint density at radius 1 is 1.48 bits per heavy atom. The lowest BCUT2D eigenvalue weighted by Gasteiger charge is -2.29. The quantitative estimate of drug-likeness (QED) is 0.833. The summed E-state index contributed by atoms with van der Waals surface area (Å²) >= 11 is 0. The molecular formula is C15H18N2O4. The first-order chi connectivity index (χ1) is 10.1. The fourth-order valence-corrected chi connectivity index (χ4v) is 2.58. The summed E-state index contributed by atoms with van der Waals surface area (Å²) in [5, 5.41) is 5.34. The third-order valence-electron chi connectivity index (χ3n) is 4.04. The van der Waals surface area contributed by atoms with Crippen molar-refractivity contribution in [3.63, 3.8) is 0 Å². The van der Waals surface area contributed by atoms with E-state index in [0.29, 0.717) is 23.8 Å². The van der Waals surface area contributed by atoms with Gasteiger partial charge in [-0.1, -0.05) is 6.42 Å². The average molecular weight is 290 g/mol. The molecule has 0 aromatic carbocycles. The molecule has 2 aliphatic rings. The van der Waals surface area contributed by atoms with Crippen LogP contribution in [0.3, 0.4) is 0 Å². The van der Waals surface area contributed by atoms with Gasteiger partial charge in [-0.25, -0.2) is 9.59 Å². The predicted octanol–water partition coefficient (Wildman–Crippen LogP) is 2.25. The second-order valence-corrected chi connectivity index (χ2v) is 5.52. The van der Waals surface area contributed by atoms with Gasteiger partial charge in [0.1, 0.15) is 0 Å². The van der Waals surface area contributed by atoms with Gasteiger partial charge in [-0.2, -0.15) is 0 Å². The van der Waals surface area contributed by atoms with E-state index in [1.54, 1.807) is 13.0 Å². The van der Waals surface area contributed by atoms with Crippen molar-refractivity contribution in [2.24, 2.45) is 5.92 Å². The smallest absolute Gasteiger partial charge is 0.338 e. The first-order valence-corrected chi connectivity index (χ1v) is 7.12. The highest BCUT2D eigenvalue weighted by Crippen LogP contribution is 2.30. The molecule has 0 bridgehead atoms. The minimum absolute atomic E-state index is 0.339. The van der Waals surface area contributed by atoms with Crippen molar-refractivity contribution in [3.05, 3.63) is 35.4 Å². The van der Waals surface area contributed by atoms with Crippen LogP contribution in [0.15, 0.2) is 34.3 Å². The predicted molar refractivity (Wildman–Crippen MR) is 74.1 cm³/mol. The van der Waals surface area contributed by atoms with Gasteiger partial charge in [-0.05, 0) is 31.7 Å². The molecule has 2 heterocycles. The molecular weight excluding hydrogens is 272 g/mol. The topological polar surface area (TPSA) is 80.6 Å². The molecule has 6 nitrogen and oxygen atoms in total. The van der Waals surface area contributed by atoms with E-state index < -0.39 is 12.0 Å². The molecule has 1 unspecified atom stereocenters. The van der Waals surface area contributed by atoms with Crippen molar-refractivity contribution in [2.75, 3.05) is 6.61 Å². The number of esters is 1. The summed E-state index contributed by atoms with van der Waals surface area (Å²) in [4.78, 5) is 24.0. The summed E-state index contributed by atoms with van der Waals surface area (Å²) in [5.41, 5.74) is 1.67. The Hall–Kier alpha value is -2.24. The minimum atomic E-state index is -0.536. The van der Waals surface area contributed by atoms with E-state index in [-0.39, 0.29) is 6.03 Å². The molecule has 0 radical (unpaired) electrons. The third kappa shape index (κ3) is 2.79. The fraction of sp³-hybridized carbons (Fsp3) is 0.467. The number of nitrogens with one attached hydrogen (secondary N) is 2. The van der Waals surface area contributed by atoms with Crippen molar-refractivity contribution >= 4 is 12.0 Å². The highest BCUT2D eigenvalue weighted by molar-refractivity contribution is 5.94. The van der Waals surface area contributed by atoms with Gasteiger partial charge in [-0.15, -0.1) is 0 Å². The Morgan fingerprint density at radius 3 is 2.90 bits per heavy atom. The Balaban J connectivity index is 1.79. The molecule has 112 valence electrons. The van der Waals surface area contributed by atoms with Crippen LogP contribution >= 0.6 is 0 Å². The number of urea groups is 1. The minimum Gasteiger partial charge on any atom is -0.472 e. The van der Waals surface area contributed by atoms with Crippen LogP contribution in [0.1, 0.15) is 37.8 Å². The van der Waals surface area contributed by atoms with Crippen molar-refractivity contribution < 1.29 is 18.7 Å². The van der Waals surface area contributed by atoms with E-state index in [1.807, 2.05) is 0 Å². The summed E-state index contributed by atoms with van der Waals surface area (Å²) in [6.45, 7) is 2.15. The van der Waals surface area contributed by atoms with Crippen molar-refractivity contribution in [1.82, 2.24) is 10.6 Å². The van der Waals surface area contributed by atoms with Crippen LogP contribution in [-0.4, -0.2) is 18.6 Å². The van der Waals surface area contributed by atoms with E-state index >= 15 is 0 Å². The lowest BCUT2D eigenvalue weighted by Crippen LogP contribution is -2.45. The third-order valence-corrected chi connectivity index (χ3v) is 4.04. The van der Waals surface area contributed by atoms with Gasteiger partial charge in [-0.3, -0.25) is 0 Å². The molecule has 2 N–H and O–H groups in total. The summed E-state index contributed by atoms with van der Waals surface area (Å²) in [5.74, 6) is 0.0893. The van der Waals surface area contributed by atoms with E-state index in [4.69, 9.17) is 9.15 Å². The SMILES string of the molecule is CC1=C(C(=O)OCC2CCC2)C(c2ccoc2)NC(=O)N1. The Bertz CT molecular complexity index is 573. The van der Waals surface area contributed by atoms with Crippen LogP contribution in [0.2, 0.25) is 0 Å². The number of amides is 2. The van der Waals surface area contributed by atoms with Gasteiger partial charge in [0.05, 0.1) is 30.7 Å². The highest BCUT2D eigenvalue weighted by Gasteiger charge is 2.33. The van der Waals surface area contributed by atoms with Crippen LogP contribution in [0, 0.1) is 5.92 Å². The largest absolute Gasteiger partial charge is 0.472 e. The van der Waals surface area contributed by atoms with Crippen LogP contribution in [0.5, 0.6) is 0 Å². The van der Waals surface area contributed by atoms with E-state index in [1.165, 1.54) is 18.9 Å². The summed E-state index contributed by atoms with van der Waals surface area (Å²) in [6, 6.07) is 0.851. The van der Waals surface area contributed by atoms with Crippen molar-refractivity contribution in [3.8, 4) is 0 Å². The lowest BCUT2D eigenvalue weighted by atomic mass is 9.86. The van der Waals surface area contributed by atoms with Gasteiger partial charge >= 0.3 is 12.0 Å². The zero-order valence-corrected chi connectivity index (χ0v) is 11.8. The summed E-state index contributed by atoms with van der Waals surface area (Å²) in [7, 11) is 0. The normalized spacial score (nSPS) is 22.3. The molecule has 21 heavy (non-hydrogen) atoms. The number of hydrogen-bond donors (Lipinski definition) is 2. The van der Waals surface area contributed by atoms with Gasteiger partial charge in [0.15, 0.2) is 0 Å². The summed E-state index contributed by atoms with van der Waals surface area (Å²) < 4.78 is 10.4. The number of hydrogen-bond acceptors (Lipinski definition) is 4. The standard InChI is InChI=1S/C15H18N2O4/c1-9-12(14(18)21-7-10-3-2-4-10)13(17-15(19)16-9)11-5-6-20-8-11/h5-6,8,10,13H,2-4,7H2,1H3,(H2,16,17,19). The molecule has 1 aliphatic heterocycles. The fourth-order valence-electron chi connectivity index (χ4n) is 2.58. The maximum Gasteiger partial charge on any atom is 0.338 e. The Morgan fingerprint density at radius 2 is 2.29 bits per heavy atom. The molecule has 1 aromatic heterocycles. The highest BCUT2D eigenvalue weighted by atomic mass is 16.5. The van der Waals surface area contributed by atoms with E-state index in [0.717, 1.165) is 18.4 Å². The van der Waals surface area contributed by atoms with E-state index in [9.17, 15) is 9.59 Å². The molecule has 0 spiro atoms. The van der Waals surface area contributed by atoms with Gasteiger partial charge in [0.25, 0.3) is 0 Å². The van der Waals surface area contributed by atoms with Crippen LogP contribution in [0.25, 0.3) is 0 Å². The van der Waals surface area contributed by atoms with E-state index in [2.05, 4.69) is 10.6 Å². The number of ether oxygens (including phenoxy) is 1. The maximum absolute atomic E-state index is 12.4. The molecule has 6 heteroatoms. The zero-order valence-electron chi connectivity index (χ0n) is 11.8. The zero-order chi connectivity index (χ0) is 14.8. The molecule has 1 aromatic rings. The van der Waals surface area contributed by atoms with Crippen LogP contribution in [-0.2, 0) is 9.53 Å². The average Bonchev–Trinajstić information content (AvgIpc) is 2.89. The number of carbonyl (C=O) groups is 2. The second-order valence-electron chi connectivity index (χ2n) is 5.52. The lowest BCUT2D eigenvalue weighted by molar-refractivity contribution is -0.141. The first-order valence-electron chi connectivity index (χ1n) is 7.12. The monoisotopic (exact) mass is 290 g/mol. The number of carbonyl (C=O) groups excluding carboxylic acids is 2. The molecule has 1 fully saturated rings. The van der Waals surface area contributed by atoms with Gasteiger partial charge in [0.2, 0.25) is 0 Å². The van der Waals surface area contributed by atoms with Crippen LogP contribution < -0.4 is 10.6 Å². The van der Waals surface area contributed by atoms with Crippen molar-refractivity contribution in [2.45, 2.75) is 32.2 Å². The summed E-state index contributed by atoms with van der Waals surface area (Å²) in [6.07, 6.45) is 6.47. The maximum atomic E-state index is 12.4. The molecule has 1 saturated carbocycles. The molecule has 3 rings (SSSR count). The van der Waals surface area contributed by atoms with Crippen LogP contribution in [0.4, 0.5) is 4.79 Å². The van der Waals surface area contributed by atoms with Gasteiger partial charge < -0.3 is 19.8 Å². The second kappa shape index (κ2) is 5.63.